The van der Waals surface area contributed by atoms with E-state index in [-0.39, 0.29) is 28.8 Å². The molecule has 9 heteroatoms. The van der Waals surface area contributed by atoms with Crippen molar-refractivity contribution in [2.24, 2.45) is 0 Å². The minimum absolute atomic E-state index is 0.00303. The fourth-order valence-electron chi connectivity index (χ4n) is 4.45. The summed E-state index contributed by atoms with van der Waals surface area (Å²) >= 11 is 6.11. The number of aromatic nitrogens is 3. The van der Waals surface area contributed by atoms with Crippen LogP contribution in [-0.4, -0.2) is 38.3 Å². The lowest BCUT2D eigenvalue weighted by Crippen LogP contribution is -2.45. The van der Waals surface area contributed by atoms with E-state index in [4.69, 9.17) is 11.6 Å². The molecule has 1 heterocycles. The molecule has 0 aliphatic rings. The lowest BCUT2D eigenvalue weighted by molar-refractivity contribution is 0.0697. The van der Waals surface area contributed by atoms with Crippen LogP contribution in [0.15, 0.2) is 82.4 Å². The van der Waals surface area contributed by atoms with Crippen molar-refractivity contribution in [1.82, 2.24) is 14.1 Å². The minimum atomic E-state index is -1.22. The molecular weight excluding hydrogens is 504 g/mol. The highest BCUT2D eigenvalue weighted by Gasteiger charge is 2.22. The molecule has 1 N–H and O–H groups in total. The lowest BCUT2D eigenvalue weighted by atomic mass is 10.00. The smallest absolute Gasteiger partial charge is 0.355 e. The number of halogens is 1. The summed E-state index contributed by atoms with van der Waals surface area (Å²) in [6.07, 6.45) is 1.54. The molecule has 4 rings (SSSR count). The zero-order chi connectivity index (χ0) is 27.2. The van der Waals surface area contributed by atoms with Crippen LogP contribution < -0.4 is 16.3 Å². The fourth-order valence-corrected chi connectivity index (χ4v) is 4.65. The Morgan fingerprint density at radius 2 is 1.61 bits per heavy atom. The monoisotopic (exact) mass is 532 g/mol. The number of carbonyl (C=O) groups is 1. The number of carboxylic acids is 1. The SMILES string of the molecule is CCCN(CCC)c1nc(=O)n(Cc2ccccc2-c2ccccc2)c(=O)n1-c1ccc(Cl)c(C(=O)O)c1. The maximum atomic E-state index is 14.0. The summed E-state index contributed by atoms with van der Waals surface area (Å²) in [6.45, 7) is 5.13. The van der Waals surface area contributed by atoms with Crippen LogP contribution in [0.2, 0.25) is 5.02 Å². The first-order valence-electron chi connectivity index (χ1n) is 12.5. The Hall–Kier alpha value is -4.17. The lowest BCUT2D eigenvalue weighted by Gasteiger charge is -2.26. The third-order valence-electron chi connectivity index (χ3n) is 6.19. The van der Waals surface area contributed by atoms with Crippen LogP contribution in [0.3, 0.4) is 0 Å². The van der Waals surface area contributed by atoms with Crippen LogP contribution in [0.4, 0.5) is 5.95 Å². The van der Waals surface area contributed by atoms with Crippen molar-refractivity contribution in [3.63, 3.8) is 0 Å². The summed E-state index contributed by atoms with van der Waals surface area (Å²) in [7, 11) is 0. The second-order valence-corrected chi connectivity index (χ2v) is 9.29. The first-order valence-corrected chi connectivity index (χ1v) is 12.9. The van der Waals surface area contributed by atoms with E-state index in [1.807, 2.05) is 73.3 Å². The fraction of sp³-hybridized carbons (Fsp3) is 0.241. The number of rotatable bonds is 10. The molecule has 0 aliphatic heterocycles. The number of nitrogens with zero attached hydrogens (tertiary/aromatic N) is 4. The number of hydrogen-bond donors (Lipinski definition) is 1. The van der Waals surface area contributed by atoms with Crippen LogP contribution in [0.25, 0.3) is 16.8 Å². The summed E-state index contributed by atoms with van der Waals surface area (Å²) in [6, 6.07) is 21.6. The van der Waals surface area contributed by atoms with E-state index < -0.39 is 17.3 Å². The Bertz CT molecular complexity index is 1560. The molecular formula is C29H29ClN4O4. The summed E-state index contributed by atoms with van der Waals surface area (Å²) in [5, 5.41) is 9.68. The van der Waals surface area contributed by atoms with Gasteiger partial charge in [-0.05, 0) is 47.7 Å². The molecule has 1 aromatic heterocycles. The second-order valence-electron chi connectivity index (χ2n) is 8.88. The van der Waals surface area contributed by atoms with Crippen LogP contribution in [0, 0.1) is 0 Å². The molecule has 0 fully saturated rings. The molecule has 3 aromatic carbocycles. The molecule has 0 aliphatic carbocycles. The van der Waals surface area contributed by atoms with E-state index in [1.165, 1.54) is 16.7 Å². The number of aromatic carboxylic acids is 1. The molecule has 0 unspecified atom stereocenters. The minimum Gasteiger partial charge on any atom is -0.478 e. The van der Waals surface area contributed by atoms with E-state index in [0.29, 0.717) is 13.1 Å². The highest BCUT2D eigenvalue weighted by atomic mass is 35.5. The zero-order valence-corrected chi connectivity index (χ0v) is 22.1. The van der Waals surface area contributed by atoms with Crippen molar-refractivity contribution in [2.75, 3.05) is 18.0 Å². The Morgan fingerprint density at radius 3 is 2.26 bits per heavy atom. The normalized spacial score (nSPS) is 10.9. The molecule has 0 atom stereocenters. The van der Waals surface area contributed by atoms with Gasteiger partial charge in [0.15, 0.2) is 0 Å². The molecule has 0 amide bonds. The maximum absolute atomic E-state index is 14.0. The standard InChI is InChI=1S/C29H29ClN4O4/c1-3-16-32(17-4-2)27-31-28(37)33(19-21-12-8-9-13-23(21)20-10-6-5-7-11-20)29(38)34(27)22-14-15-25(30)24(18-22)26(35)36/h5-15,18H,3-4,16-17,19H2,1-2H3,(H,35,36). The van der Waals surface area contributed by atoms with Gasteiger partial charge in [0.05, 0.1) is 22.8 Å². The number of anilines is 1. The van der Waals surface area contributed by atoms with E-state index >= 15 is 0 Å². The van der Waals surface area contributed by atoms with Crippen LogP contribution in [-0.2, 0) is 6.54 Å². The summed E-state index contributed by atoms with van der Waals surface area (Å²) in [4.78, 5) is 45.4. The third kappa shape index (κ3) is 5.55. The quantitative estimate of drug-likeness (QED) is 0.305. The predicted molar refractivity (Wildman–Crippen MR) is 150 cm³/mol. The Balaban J connectivity index is 1.95. The summed E-state index contributed by atoms with van der Waals surface area (Å²) < 4.78 is 2.39. The highest BCUT2D eigenvalue weighted by Crippen LogP contribution is 2.25. The van der Waals surface area contributed by atoms with Gasteiger partial charge in [-0.2, -0.15) is 4.98 Å². The first-order chi connectivity index (χ1) is 18.3. The number of hydrogen-bond acceptors (Lipinski definition) is 5. The van der Waals surface area contributed by atoms with Gasteiger partial charge in [0.1, 0.15) is 0 Å². The molecule has 0 bridgehead atoms. The van der Waals surface area contributed by atoms with Gasteiger partial charge in [0, 0.05) is 13.1 Å². The van der Waals surface area contributed by atoms with Gasteiger partial charge in [-0.1, -0.05) is 80.0 Å². The van der Waals surface area contributed by atoms with E-state index in [1.54, 1.807) is 6.07 Å². The highest BCUT2D eigenvalue weighted by molar-refractivity contribution is 6.33. The van der Waals surface area contributed by atoms with Crippen molar-refractivity contribution in [1.29, 1.82) is 0 Å². The van der Waals surface area contributed by atoms with Gasteiger partial charge < -0.3 is 10.0 Å². The van der Waals surface area contributed by atoms with Gasteiger partial charge >= 0.3 is 17.3 Å². The van der Waals surface area contributed by atoms with Gasteiger partial charge in [0.25, 0.3) is 0 Å². The molecule has 0 radical (unpaired) electrons. The number of benzene rings is 3. The van der Waals surface area contributed by atoms with Gasteiger partial charge in [-0.25, -0.2) is 23.5 Å². The second kappa shape index (κ2) is 11.9. The van der Waals surface area contributed by atoms with Gasteiger partial charge in [0.2, 0.25) is 5.95 Å². The van der Waals surface area contributed by atoms with Crippen molar-refractivity contribution < 1.29 is 9.90 Å². The Kier molecular flexibility index (Phi) is 8.43. The molecule has 0 saturated carbocycles. The third-order valence-corrected chi connectivity index (χ3v) is 6.52. The predicted octanol–water partition coefficient (Wildman–Crippen LogP) is 5.09. The van der Waals surface area contributed by atoms with Crippen molar-refractivity contribution in [3.05, 3.63) is 110 Å². The molecule has 4 aromatic rings. The van der Waals surface area contributed by atoms with Crippen LogP contribution >= 0.6 is 11.6 Å². The molecule has 0 spiro atoms. The molecule has 38 heavy (non-hydrogen) atoms. The van der Waals surface area contributed by atoms with Crippen molar-refractivity contribution >= 4 is 23.5 Å². The largest absolute Gasteiger partial charge is 0.478 e. The van der Waals surface area contributed by atoms with E-state index in [2.05, 4.69) is 4.98 Å². The van der Waals surface area contributed by atoms with E-state index in [9.17, 15) is 19.5 Å². The van der Waals surface area contributed by atoms with Crippen molar-refractivity contribution in [2.45, 2.75) is 33.2 Å². The van der Waals surface area contributed by atoms with Gasteiger partial charge in [-0.15, -0.1) is 0 Å². The summed E-state index contributed by atoms with van der Waals surface area (Å²) in [5.74, 6) is -1.04. The topological polar surface area (TPSA) is 97.4 Å². The average Bonchev–Trinajstić information content (AvgIpc) is 2.92. The molecule has 196 valence electrons. The molecule has 0 saturated heterocycles. The molecule has 8 nitrogen and oxygen atoms in total. The summed E-state index contributed by atoms with van der Waals surface area (Å²) in [5.41, 5.74) is 1.47. The first kappa shape index (κ1) is 26.9. The average molecular weight is 533 g/mol. The van der Waals surface area contributed by atoms with Crippen LogP contribution in [0.1, 0.15) is 42.6 Å². The van der Waals surface area contributed by atoms with Crippen molar-refractivity contribution in [3.8, 4) is 16.8 Å². The Morgan fingerprint density at radius 1 is 0.947 bits per heavy atom. The maximum Gasteiger partial charge on any atom is 0.355 e. The Labute approximate surface area is 225 Å². The van der Waals surface area contributed by atoms with E-state index in [0.717, 1.165) is 34.1 Å². The zero-order valence-electron chi connectivity index (χ0n) is 21.3. The van der Waals surface area contributed by atoms with Crippen LogP contribution in [0.5, 0.6) is 0 Å². The number of carboxylic acid groups (broad SMARTS) is 1. The van der Waals surface area contributed by atoms with Gasteiger partial charge in [-0.3, -0.25) is 0 Å².